The van der Waals surface area contributed by atoms with Gasteiger partial charge in [-0.3, -0.25) is 14.9 Å². The molecule has 4 aromatic rings. The number of hydrazone groups is 1. The Hall–Kier alpha value is -4.72. The number of hydrogen-bond acceptors (Lipinski definition) is 6. The number of rotatable bonds is 7. The molecular formula is C24H17N3O5. The fourth-order valence-electron chi connectivity index (χ4n) is 2.84. The Balaban J connectivity index is 1.34. The van der Waals surface area contributed by atoms with Crippen LogP contribution < -0.4 is 10.2 Å². The third-order valence-corrected chi connectivity index (χ3v) is 4.44. The first-order valence-corrected chi connectivity index (χ1v) is 9.59. The Bertz CT molecular complexity index is 1250. The van der Waals surface area contributed by atoms with E-state index in [9.17, 15) is 14.9 Å². The van der Waals surface area contributed by atoms with E-state index in [0.29, 0.717) is 34.1 Å². The molecule has 0 aliphatic rings. The second-order valence-electron chi connectivity index (χ2n) is 6.64. The number of furan rings is 1. The van der Waals surface area contributed by atoms with Crippen LogP contribution in [0.5, 0.6) is 11.5 Å². The van der Waals surface area contributed by atoms with Crippen molar-refractivity contribution in [2.45, 2.75) is 0 Å². The van der Waals surface area contributed by atoms with Gasteiger partial charge in [-0.15, -0.1) is 0 Å². The zero-order valence-corrected chi connectivity index (χ0v) is 16.7. The van der Waals surface area contributed by atoms with E-state index in [1.807, 2.05) is 30.3 Å². The molecular weight excluding hydrogens is 410 g/mol. The fraction of sp³-hybridized carbons (Fsp3) is 0. The van der Waals surface area contributed by atoms with Crippen molar-refractivity contribution in [2.75, 3.05) is 0 Å². The van der Waals surface area contributed by atoms with Gasteiger partial charge in [0.05, 0.1) is 11.1 Å². The molecule has 0 spiro atoms. The molecule has 0 radical (unpaired) electrons. The zero-order valence-electron chi connectivity index (χ0n) is 16.7. The molecule has 1 amide bonds. The van der Waals surface area contributed by atoms with E-state index >= 15 is 0 Å². The van der Waals surface area contributed by atoms with E-state index in [-0.39, 0.29) is 11.6 Å². The second kappa shape index (κ2) is 9.40. The highest BCUT2D eigenvalue weighted by Gasteiger charge is 2.08. The molecule has 1 heterocycles. The Morgan fingerprint density at radius 3 is 2.28 bits per heavy atom. The van der Waals surface area contributed by atoms with E-state index in [2.05, 4.69) is 10.5 Å². The van der Waals surface area contributed by atoms with Crippen LogP contribution in [0.1, 0.15) is 16.1 Å². The van der Waals surface area contributed by atoms with Gasteiger partial charge in [-0.1, -0.05) is 18.2 Å². The predicted molar refractivity (Wildman–Crippen MR) is 119 cm³/mol. The van der Waals surface area contributed by atoms with Crippen molar-refractivity contribution < 1.29 is 18.9 Å². The van der Waals surface area contributed by atoms with Crippen LogP contribution in [0.3, 0.4) is 0 Å². The summed E-state index contributed by atoms with van der Waals surface area (Å²) in [6.07, 6.45) is 1.37. The van der Waals surface area contributed by atoms with Crippen molar-refractivity contribution in [2.24, 2.45) is 5.10 Å². The van der Waals surface area contributed by atoms with Crippen LogP contribution in [-0.4, -0.2) is 17.0 Å². The number of benzene rings is 3. The number of amides is 1. The van der Waals surface area contributed by atoms with E-state index in [1.165, 1.54) is 18.3 Å². The average Bonchev–Trinajstić information content (AvgIpc) is 3.29. The molecule has 0 unspecified atom stereocenters. The minimum Gasteiger partial charge on any atom is -0.457 e. The Morgan fingerprint density at radius 1 is 0.906 bits per heavy atom. The SMILES string of the molecule is O=C(NN=Cc1ccc(-c2ccc([N+](=O)[O-])cc2)o1)c1ccc(Oc2ccccc2)cc1. The Kier molecular flexibility index (Phi) is 6.03. The molecule has 32 heavy (non-hydrogen) atoms. The minimum absolute atomic E-state index is 0.00413. The quantitative estimate of drug-likeness (QED) is 0.241. The largest absolute Gasteiger partial charge is 0.457 e. The second-order valence-corrected chi connectivity index (χ2v) is 6.64. The lowest BCUT2D eigenvalue weighted by Gasteiger charge is -2.06. The van der Waals surface area contributed by atoms with Gasteiger partial charge in [-0.25, -0.2) is 5.43 Å². The van der Waals surface area contributed by atoms with Gasteiger partial charge in [0.2, 0.25) is 0 Å². The molecule has 158 valence electrons. The van der Waals surface area contributed by atoms with Crippen molar-refractivity contribution in [3.8, 4) is 22.8 Å². The van der Waals surface area contributed by atoms with Crippen molar-refractivity contribution in [1.82, 2.24) is 5.43 Å². The number of para-hydroxylation sites is 1. The maximum absolute atomic E-state index is 12.3. The van der Waals surface area contributed by atoms with Crippen molar-refractivity contribution in [3.63, 3.8) is 0 Å². The molecule has 1 N–H and O–H groups in total. The topological polar surface area (TPSA) is 107 Å². The summed E-state index contributed by atoms with van der Waals surface area (Å²) >= 11 is 0. The molecule has 0 aliphatic carbocycles. The van der Waals surface area contributed by atoms with Crippen LogP contribution in [0.4, 0.5) is 5.69 Å². The van der Waals surface area contributed by atoms with Gasteiger partial charge >= 0.3 is 0 Å². The standard InChI is InChI=1S/C24H17N3O5/c28-24(18-8-12-21(13-9-18)31-20-4-2-1-3-5-20)26-25-16-22-14-15-23(32-22)17-6-10-19(11-7-17)27(29)30/h1-16H,(H,26,28). The predicted octanol–water partition coefficient (Wildman–Crippen LogP) is 5.41. The summed E-state index contributed by atoms with van der Waals surface area (Å²) in [4.78, 5) is 22.5. The highest BCUT2D eigenvalue weighted by molar-refractivity contribution is 5.94. The Morgan fingerprint density at radius 2 is 1.59 bits per heavy atom. The maximum atomic E-state index is 12.3. The fourth-order valence-corrected chi connectivity index (χ4v) is 2.84. The number of hydrogen-bond donors (Lipinski definition) is 1. The molecule has 0 saturated heterocycles. The lowest BCUT2D eigenvalue weighted by molar-refractivity contribution is -0.384. The third-order valence-electron chi connectivity index (χ3n) is 4.44. The van der Waals surface area contributed by atoms with Crippen molar-refractivity contribution in [1.29, 1.82) is 0 Å². The molecule has 0 aliphatic heterocycles. The molecule has 0 saturated carbocycles. The highest BCUT2D eigenvalue weighted by Crippen LogP contribution is 2.24. The average molecular weight is 427 g/mol. The van der Waals surface area contributed by atoms with Crippen LogP contribution in [-0.2, 0) is 0 Å². The normalized spacial score (nSPS) is 10.8. The summed E-state index contributed by atoms with van der Waals surface area (Å²) in [7, 11) is 0. The molecule has 0 fully saturated rings. The summed E-state index contributed by atoms with van der Waals surface area (Å²) in [6, 6.07) is 25.5. The van der Waals surface area contributed by atoms with Crippen molar-refractivity contribution in [3.05, 3.63) is 112 Å². The van der Waals surface area contributed by atoms with Crippen LogP contribution in [0, 0.1) is 10.1 Å². The van der Waals surface area contributed by atoms with E-state index < -0.39 is 4.92 Å². The summed E-state index contributed by atoms with van der Waals surface area (Å²) in [5.41, 5.74) is 3.56. The molecule has 0 bridgehead atoms. The number of carbonyl (C=O) groups excluding carboxylic acids is 1. The van der Waals surface area contributed by atoms with Crippen LogP contribution in [0.2, 0.25) is 0 Å². The van der Waals surface area contributed by atoms with Gasteiger partial charge in [0.1, 0.15) is 23.0 Å². The number of non-ortho nitro benzene ring substituents is 1. The monoisotopic (exact) mass is 427 g/mol. The van der Waals surface area contributed by atoms with E-state index in [0.717, 1.165) is 0 Å². The van der Waals surface area contributed by atoms with Gasteiger partial charge in [0, 0.05) is 23.3 Å². The van der Waals surface area contributed by atoms with Gasteiger partial charge in [-0.2, -0.15) is 5.10 Å². The molecule has 0 atom stereocenters. The number of ether oxygens (including phenoxy) is 1. The first kappa shape index (κ1) is 20.5. The zero-order chi connectivity index (χ0) is 22.3. The molecule has 1 aromatic heterocycles. The molecule has 8 nitrogen and oxygen atoms in total. The number of nitro groups is 1. The number of nitro benzene ring substituents is 1. The van der Waals surface area contributed by atoms with E-state index in [4.69, 9.17) is 9.15 Å². The molecule has 8 heteroatoms. The third kappa shape index (κ3) is 5.06. The smallest absolute Gasteiger partial charge is 0.271 e. The van der Waals surface area contributed by atoms with Crippen molar-refractivity contribution >= 4 is 17.8 Å². The lowest BCUT2D eigenvalue weighted by Crippen LogP contribution is -2.17. The van der Waals surface area contributed by atoms with E-state index in [1.54, 1.807) is 48.5 Å². The molecule has 3 aromatic carbocycles. The minimum atomic E-state index is -0.462. The summed E-state index contributed by atoms with van der Waals surface area (Å²) < 4.78 is 11.3. The van der Waals surface area contributed by atoms with Crippen LogP contribution in [0.25, 0.3) is 11.3 Å². The summed E-state index contributed by atoms with van der Waals surface area (Å²) in [5, 5.41) is 14.7. The van der Waals surface area contributed by atoms with Gasteiger partial charge in [-0.05, 0) is 60.7 Å². The van der Waals surface area contributed by atoms with Gasteiger partial charge < -0.3 is 9.15 Å². The van der Waals surface area contributed by atoms with Gasteiger partial charge in [0.25, 0.3) is 11.6 Å². The summed E-state index contributed by atoms with van der Waals surface area (Å²) in [6.45, 7) is 0. The van der Waals surface area contributed by atoms with Gasteiger partial charge in [0.15, 0.2) is 0 Å². The van der Waals surface area contributed by atoms with Crippen LogP contribution in [0.15, 0.2) is 101 Å². The van der Waals surface area contributed by atoms with Crippen LogP contribution >= 0.6 is 0 Å². The summed E-state index contributed by atoms with van der Waals surface area (Å²) in [5.74, 6) is 1.90. The number of nitrogens with zero attached hydrogens (tertiary/aromatic N) is 2. The first-order valence-electron chi connectivity index (χ1n) is 9.59. The Labute approximate surface area is 182 Å². The first-order chi connectivity index (χ1) is 15.6. The maximum Gasteiger partial charge on any atom is 0.271 e. The number of carbonyl (C=O) groups is 1. The lowest BCUT2D eigenvalue weighted by atomic mass is 10.1. The number of nitrogens with one attached hydrogen (secondary N) is 1. The molecule has 4 rings (SSSR count). The highest BCUT2D eigenvalue weighted by atomic mass is 16.6.